The number of carboxylic acid groups (broad SMARTS) is 1. The zero-order chi connectivity index (χ0) is 13.4. The minimum absolute atomic E-state index is 0.325. The van der Waals surface area contributed by atoms with Crippen molar-refractivity contribution in [1.82, 2.24) is 9.97 Å². The van der Waals surface area contributed by atoms with Crippen LogP contribution in [0, 0.1) is 5.82 Å². The predicted octanol–water partition coefficient (Wildman–Crippen LogP) is 3.45. The van der Waals surface area contributed by atoms with Gasteiger partial charge in [0, 0.05) is 12.0 Å². The van der Waals surface area contributed by atoms with Gasteiger partial charge in [-0.25, -0.2) is 14.2 Å². The van der Waals surface area contributed by atoms with E-state index in [9.17, 15) is 9.18 Å². The van der Waals surface area contributed by atoms with E-state index in [2.05, 4.69) is 9.97 Å². The molecule has 1 saturated carbocycles. The maximum absolute atomic E-state index is 13.6. The molecule has 0 radical (unpaired) electrons. The molecule has 0 aliphatic heterocycles. The molecule has 1 aromatic carbocycles. The fourth-order valence-corrected chi connectivity index (χ4v) is 2.78. The Hall–Kier alpha value is -1.91. The Morgan fingerprint density at radius 3 is 2.74 bits per heavy atom. The molecular formula is C14H15FN2O2. The number of halogens is 1. The first-order chi connectivity index (χ1) is 9.15. The van der Waals surface area contributed by atoms with Gasteiger partial charge in [-0.15, -0.1) is 0 Å². The topological polar surface area (TPSA) is 66.0 Å². The third-order valence-electron chi connectivity index (χ3n) is 3.81. The number of benzene rings is 1. The van der Waals surface area contributed by atoms with Crippen molar-refractivity contribution in [2.24, 2.45) is 0 Å². The lowest BCUT2D eigenvalue weighted by Gasteiger charge is -2.18. The van der Waals surface area contributed by atoms with Gasteiger partial charge in [-0.05, 0) is 18.9 Å². The summed E-state index contributed by atoms with van der Waals surface area (Å²) in [5.74, 6) is -0.741. The van der Waals surface area contributed by atoms with Crippen LogP contribution in [0.3, 0.4) is 0 Å². The first-order valence-corrected chi connectivity index (χ1v) is 6.57. The normalized spacial score (nSPS) is 16.9. The van der Waals surface area contributed by atoms with Crippen LogP contribution in [0.4, 0.5) is 4.39 Å². The number of fused-ring (bicyclic) bond motifs is 1. The molecule has 1 fully saturated rings. The first kappa shape index (κ1) is 12.1. The summed E-state index contributed by atoms with van der Waals surface area (Å²) >= 11 is 0. The summed E-state index contributed by atoms with van der Waals surface area (Å²) in [5, 5.41) is 8.90. The number of rotatable bonds is 2. The molecule has 2 N–H and O–H groups in total. The van der Waals surface area contributed by atoms with Gasteiger partial charge in [-0.1, -0.05) is 19.3 Å². The van der Waals surface area contributed by atoms with Gasteiger partial charge in [-0.3, -0.25) is 0 Å². The standard InChI is InChI=1S/C14H15FN2O2/c15-10-7-12-11(6-9(10)14(18)19)16-13(17-12)8-4-2-1-3-5-8/h6-8H,1-5H2,(H,16,17)(H,18,19). The number of nitrogens with one attached hydrogen (secondary N) is 1. The second-order valence-corrected chi connectivity index (χ2v) is 5.11. The van der Waals surface area contributed by atoms with Crippen LogP contribution in [0.25, 0.3) is 11.0 Å². The molecule has 0 bridgehead atoms. The molecule has 3 rings (SSSR count). The number of hydrogen-bond donors (Lipinski definition) is 2. The van der Waals surface area contributed by atoms with Crippen LogP contribution in [0.2, 0.25) is 0 Å². The lowest BCUT2D eigenvalue weighted by atomic mass is 9.89. The van der Waals surface area contributed by atoms with Gasteiger partial charge < -0.3 is 10.1 Å². The number of imidazole rings is 1. The summed E-state index contributed by atoms with van der Waals surface area (Å²) in [7, 11) is 0. The number of aromatic nitrogens is 2. The van der Waals surface area contributed by atoms with Crippen molar-refractivity contribution in [3.8, 4) is 0 Å². The number of carboxylic acids is 1. The molecule has 0 spiro atoms. The number of aromatic amines is 1. The van der Waals surface area contributed by atoms with Gasteiger partial charge in [0.25, 0.3) is 0 Å². The van der Waals surface area contributed by atoms with E-state index in [-0.39, 0.29) is 5.56 Å². The average molecular weight is 262 g/mol. The second-order valence-electron chi connectivity index (χ2n) is 5.11. The third kappa shape index (κ3) is 2.20. The van der Waals surface area contributed by atoms with E-state index in [0.29, 0.717) is 17.0 Å². The largest absolute Gasteiger partial charge is 0.478 e. The fraction of sp³-hybridized carbons (Fsp3) is 0.429. The van der Waals surface area contributed by atoms with Crippen LogP contribution in [0.5, 0.6) is 0 Å². The lowest BCUT2D eigenvalue weighted by molar-refractivity contribution is 0.0692. The molecule has 0 atom stereocenters. The molecule has 5 heteroatoms. The van der Waals surface area contributed by atoms with Gasteiger partial charge in [0.2, 0.25) is 0 Å². The van der Waals surface area contributed by atoms with Gasteiger partial charge in [0.1, 0.15) is 11.6 Å². The second kappa shape index (κ2) is 4.64. The van der Waals surface area contributed by atoms with Crippen molar-refractivity contribution in [2.75, 3.05) is 0 Å². The van der Waals surface area contributed by atoms with Crippen LogP contribution in [0.15, 0.2) is 12.1 Å². The smallest absolute Gasteiger partial charge is 0.338 e. The zero-order valence-corrected chi connectivity index (χ0v) is 10.4. The minimum Gasteiger partial charge on any atom is -0.478 e. The van der Waals surface area contributed by atoms with E-state index >= 15 is 0 Å². The number of nitrogens with zero attached hydrogens (tertiary/aromatic N) is 1. The Morgan fingerprint density at radius 2 is 2.05 bits per heavy atom. The highest BCUT2D eigenvalue weighted by Gasteiger charge is 2.20. The molecule has 1 aliphatic rings. The van der Waals surface area contributed by atoms with E-state index in [1.54, 1.807) is 0 Å². The quantitative estimate of drug-likeness (QED) is 0.871. The van der Waals surface area contributed by atoms with Crippen molar-refractivity contribution in [3.05, 3.63) is 29.3 Å². The number of aromatic carboxylic acids is 1. The highest BCUT2D eigenvalue weighted by atomic mass is 19.1. The number of carbonyl (C=O) groups is 1. The monoisotopic (exact) mass is 262 g/mol. The van der Waals surface area contributed by atoms with E-state index in [0.717, 1.165) is 18.7 Å². The molecule has 1 aliphatic carbocycles. The molecule has 4 nitrogen and oxygen atoms in total. The average Bonchev–Trinajstić information content (AvgIpc) is 2.81. The van der Waals surface area contributed by atoms with Crippen molar-refractivity contribution >= 4 is 17.0 Å². The summed E-state index contributed by atoms with van der Waals surface area (Å²) < 4.78 is 13.6. The third-order valence-corrected chi connectivity index (χ3v) is 3.81. The van der Waals surface area contributed by atoms with Crippen molar-refractivity contribution in [1.29, 1.82) is 0 Å². The molecule has 2 aromatic rings. The summed E-state index contributed by atoms with van der Waals surface area (Å²) in [6.07, 6.45) is 5.82. The van der Waals surface area contributed by atoms with E-state index in [1.807, 2.05) is 0 Å². The van der Waals surface area contributed by atoms with Gasteiger partial charge >= 0.3 is 5.97 Å². The minimum atomic E-state index is -1.26. The Balaban J connectivity index is 2.02. The molecule has 1 heterocycles. The van der Waals surface area contributed by atoms with E-state index in [1.165, 1.54) is 31.4 Å². The van der Waals surface area contributed by atoms with Gasteiger partial charge in [0.15, 0.2) is 0 Å². The Morgan fingerprint density at radius 1 is 1.32 bits per heavy atom. The van der Waals surface area contributed by atoms with Crippen LogP contribution in [0.1, 0.15) is 54.2 Å². The Kier molecular flexibility index (Phi) is 2.97. The van der Waals surface area contributed by atoms with Crippen LogP contribution in [-0.2, 0) is 0 Å². The lowest BCUT2D eigenvalue weighted by Crippen LogP contribution is -2.05. The molecule has 0 unspecified atom stereocenters. The summed E-state index contributed by atoms with van der Waals surface area (Å²) in [6, 6.07) is 2.52. The number of H-pyrrole nitrogens is 1. The van der Waals surface area contributed by atoms with Crippen LogP contribution >= 0.6 is 0 Å². The SMILES string of the molecule is O=C(O)c1cc2nc(C3CCCCC3)[nH]c2cc1F. The van der Waals surface area contributed by atoms with Crippen LogP contribution in [-0.4, -0.2) is 21.0 Å². The van der Waals surface area contributed by atoms with Crippen molar-refractivity contribution in [2.45, 2.75) is 38.0 Å². The van der Waals surface area contributed by atoms with E-state index < -0.39 is 11.8 Å². The molecule has 0 amide bonds. The molecular weight excluding hydrogens is 247 g/mol. The van der Waals surface area contributed by atoms with Crippen molar-refractivity contribution in [3.63, 3.8) is 0 Å². The number of hydrogen-bond acceptors (Lipinski definition) is 2. The van der Waals surface area contributed by atoms with Gasteiger partial charge in [0.05, 0.1) is 16.6 Å². The summed E-state index contributed by atoms with van der Waals surface area (Å²) in [4.78, 5) is 18.5. The molecule has 100 valence electrons. The van der Waals surface area contributed by atoms with Gasteiger partial charge in [-0.2, -0.15) is 0 Å². The fourth-order valence-electron chi connectivity index (χ4n) is 2.78. The zero-order valence-electron chi connectivity index (χ0n) is 10.4. The predicted molar refractivity (Wildman–Crippen MR) is 68.8 cm³/mol. The van der Waals surface area contributed by atoms with E-state index in [4.69, 9.17) is 5.11 Å². The maximum atomic E-state index is 13.6. The Bertz CT molecular complexity index is 630. The maximum Gasteiger partial charge on any atom is 0.338 e. The summed E-state index contributed by atoms with van der Waals surface area (Å²) in [6.45, 7) is 0. The van der Waals surface area contributed by atoms with Crippen molar-refractivity contribution < 1.29 is 14.3 Å². The molecule has 0 saturated heterocycles. The molecule has 1 aromatic heterocycles. The first-order valence-electron chi connectivity index (χ1n) is 6.57. The molecule has 19 heavy (non-hydrogen) atoms. The highest BCUT2D eigenvalue weighted by Crippen LogP contribution is 2.32. The van der Waals surface area contributed by atoms with Crippen LogP contribution < -0.4 is 0 Å². The summed E-state index contributed by atoms with van der Waals surface area (Å²) in [5.41, 5.74) is 0.775. The highest BCUT2D eigenvalue weighted by molar-refractivity contribution is 5.92. The Labute approximate surface area is 109 Å².